The van der Waals surface area contributed by atoms with Gasteiger partial charge in [0, 0.05) is 29.7 Å². The third-order valence-electron chi connectivity index (χ3n) is 4.18. The average Bonchev–Trinajstić information content (AvgIpc) is 2.82. The van der Waals surface area contributed by atoms with Crippen LogP contribution in [0.25, 0.3) is 0 Å². The molecule has 0 bridgehead atoms. The molecule has 1 aromatic heterocycles. The SMILES string of the molecule is CCCn1cc(S(=O)(=O)NCC2(SC)CCC2)cc1CO. The molecule has 2 N–H and O–H groups in total. The molecule has 0 spiro atoms. The Balaban J connectivity index is 2.12. The maximum atomic E-state index is 12.4. The van der Waals surface area contributed by atoms with Crippen molar-refractivity contribution in [1.29, 1.82) is 0 Å². The van der Waals surface area contributed by atoms with Gasteiger partial charge in [0.1, 0.15) is 0 Å². The monoisotopic (exact) mass is 332 g/mol. The molecule has 120 valence electrons. The smallest absolute Gasteiger partial charge is 0.242 e. The lowest BCUT2D eigenvalue weighted by atomic mass is 9.84. The summed E-state index contributed by atoms with van der Waals surface area (Å²) in [7, 11) is -3.51. The lowest BCUT2D eigenvalue weighted by Crippen LogP contribution is -2.45. The maximum Gasteiger partial charge on any atom is 0.242 e. The second-order valence-corrected chi connectivity index (χ2v) is 8.63. The van der Waals surface area contributed by atoms with E-state index in [9.17, 15) is 13.5 Å². The van der Waals surface area contributed by atoms with Crippen LogP contribution >= 0.6 is 11.8 Å². The quantitative estimate of drug-likeness (QED) is 0.763. The minimum absolute atomic E-state index is 0.0683. The van der Waals surface area contributed by atoms with E-state index in [0.29, 0.717) is 18.8 Å². The molecule has 5 nitrogen and oxygen atoms in total. The summed E-state index contributed by atoms with van der Waals surface area (Å²) in [6, 6.07) is 1.56. The highest BCUT2D eigenvalue weighted by Gasteiger charge is 2.37. The van der Waals surface area contributed by atoms with Gasteiger partial charge in [-0.2, -0.15) is 11.8 Å². The van der Waals surface area contributed by atoms with Gasteiger partial charge in [-0.25, -0.2) is 13.1 Å². The largest absolute Gasteiger partial charge is 0.390 e. The number of sulfonamides is 1. The van der Waals surface area contributed by atoms with E-state index >= 15 is 0 Å². The van der Waals surface area contributed by atoms with Crippen LogP contribution in [0, 0.1) is 0 Å². The van der Waals surface area contributed by atoms with Crippen molar-refractivity contribution >= 4 is 21.8 Å². The topological polar surface area (TPSA) is 71.3 Å². The Morgan fingerprint density at radius 2 is 2.19 bits per heavy atom. The van der Waals surface area contributed by atoms with Crippen molar-refractivity contribution in [1.82, 2.24) is 9.29 Å². The lowest BCUT2D eigenvalue weighted by molar-refractivity contribution is 0.270. The molecule has 0 radical (unpaired) electrons. The van der Waals surface area contributed by atoms with Crippen LogP contribution in [0.4, 0.5) is 0 Å². The van der Waals surface area contributed by atoms with Crippen LogP contribution in [-0.4, -0.2) is 35.6 Å². The third-order valence-corrected chi connectivity index (χ3v) is 6.97. The van der Waals surface area contributed by atoms with Crippen molar-refractivity contribution in [2.45, 2.75) is 55.4 Å². The van der Waals surface area contributed by atoms with Crippen molar-refractivity contribution in [3.05, 3.63) is 18.0 Å². The number of nitrogens with one attached hydrogen (secondary N) is 1. The van der Waals surface area contributed by atoms with Crippen molar-refractivity contribution in [3.8, 4) is 0 Å². The van der Waals surface area contributed by atoms with E-state index in [4.69, 9.17) is 0 Å². The van der Waals surface area contributed by atoms with E-state index in [1.807, 2.05) is 17.7 Å². The van der Waals surface area contributed by atoms with E-state index in [-0.39, 0.29) is 16.2 Å². The van der Waals surface area contributed by atoms with Crippen molar-refractivity contribution in [3.63, 3.8) is 0 Å². The first kappa shape index (κ1) is 16.9. The highest BCUT2D eigenvalue weighted by Crippen LogP contribution is 2.42. The second kappa shape index (κ2) is 6.73. The highest BCUT2D eigenvalue weighted by molar-refractivity contribution is 8.00. The fraction of sp³-hybridized carbons (Fsp3) is 0.714. The molecule has 0 unspecified atom stereocenters. The van der Waals surface area contributed by atoms with E-state index < -0.39 is 10.0 Å². The normalized spacial score (nSPS) is 17.7. The minimum Gasteiger partial charge on any atom is -0.390 e. The Kier molecular flexibility index (Phi) is 5.40. The Morgan fingerprint density at radius 1 is 1.48 bits per heavy atom. The second-order valence-electron chi connectivity index (χ2n) is 5.58. The van der Waals surface area contributed by atoms with Gasteiger partial charge in [0.15, 0.2) is 0 Å². The van der Waals surface area contributed by atoms with Crippen molar-refractivity contribution in [2.75, 3.05) is 12.8 Å². The standard InChI is InChI=1S/C14H24N2O3S2/c1-3-7-16-9-13(8-12(16)10-17)21(18,19)15-11-14(20-2)5-4-6-14/h8-9,15,17H,3-7,10-11H2,1-2H3. The minimum atomic E-state index is -3.51. The first-order valence-electron chi connectivity index (χ1n) is 7.31. The molecule has 1 aromatic rings. The van der Waals surface area contributed by atoms with Gasteiger partial charge in [0.05, 0.1) is 11.5 Å². The highest BCUT2D eigenvalue weighted by atomic mass is 32.2. The Bertz CT molecular complexity index is 572. The molecule has 1 aliphatic rings. The Morgan fingerprint density at radius 3 is 2.67 bits per heavy atom. The fourth-order valence-corrected chi connectivity index (χ4v) is 4.78. The van der Waals surface area contributed by atoms with Crippen LogP contribution in [0.3, 0.4) is 0 Å². The summed E-state index contributed by atoms with van der Waals surface area (Å²) < 4.78 is 29.4. The van der Waals surface area contributed by atoms with Crippen molar-refractivity contribution < 1.29 is 13.5 Å². The van der Waals surface area contributed by atoms with E-state index in [0.717, 1.165) is 19.3 Å². The zero-order valence-electron chi connectivity index (χ0n) is 12.6. The van der Waals surface area contributed by atoms with E-state index in [1.165, 1.54) is 6.42 Å². The van der Waals surface area contributed by atoms with Crippen LogP contribution in [0.15, 0.2) is 17.2 Å². The zero-order chi connectivity index (χ0) is 15.5. The number of thioether (sulfide) groups is 1. The molecule has 1 aliphatic carbocycles. The van der Waals surface area contributed by atoms with Gasteiger partial charge in [-0.05, 0) is 31.6 Å². The van der Waals surface area contributed by atoms with Gasteiger partial charge >= 0.3 is 0 Å². The zero-order valence-corrected chi connectivity index (χ0v) is 14.3. The molecule has 21 heavy (non-hydrogen) atoms. The maximum absolute atomic E-state index is 12.4. The van der Waals surface area contributed by atoms with Crippen LogP contribution in [0.2, 0.25) is 0 Å². The number of aryl methyl sites for hydroxylation is 1. The van der Waals surface area contributed by atoms with Gasteiger partial charge in [-0.1, -0.05) is 13.3 Å². The van der Waals surface area contributed by atoms with Gasteiger partial charge < -0.3 is 9.67 Å². The summed E-state index contributed by atoms with van der Waals surface area (Å²) in [4.78, 5) is 0.246. The molecule has 0 atom stereocenters. The van der Waals surface area contributed by atoms with Crippen LogP contribution in [0.1, 0.15) is 38.3 Å². The molecule has 2 rings (SSSR count). The van der Waals surface area contributed by atoms with Gasteiger partial charge in [-0.15, -0.1) is 0 Å². The summed E-state index contributed by atoms with van der Waals surface area (Å²) in [6.45, 7) is 3.06. The molecule has 1 heterocycles. The molecule has 7 heteroatoms. The number of rotatable bonds is 8. The summed E-state index contributed by atoms with van der Waals surface area (Å²) in [6.07, 6.45) is 7.85. The van der Waals surface area contributed by atoms with Crippen molar-refractivity contribution in [2.24, 2.45) is 0 Å². The summed E-state index contributed by atoms with van der Waals surface area (Å²) in [5.74, 6) is 0. The number of aromatic nitrogens is 1. The first-order valence-corrected chi connectivity index (χ1v) is 10.0. The molecule has 1 fully saturated rings. The number of aliphatic hydroxyl groups excluding tert-OH is 1. The molecule has 1 saturated carbocycles. The molecule has 0 aliphatic heterocycles. The number of hydrogen-bond acceptors (Lipinski definition) is 4. The van der Waals surface area contributed by atoms with Crippen LogP contribution in [-0.2, 0) is 23.2 Å². The fourth-order valence-electron chi connectivity index (χ4n) is 2.59. The Hall–Kier alpha value is -0.500. The van der Waals surface area contributed by atoms with Gasteiger partial charge in [0.2, 0.25) is 10.0 Å². The molecule has 0 saturated heterocycles. The van der Waals surface area contributed by atoms with Gasteiger partial charge in [-0.3, -0.25) is 0 Å². The third kappa shape index (κ3) is 3.64. The molecular weight excluding hydrogens is 308 g/mol. The van der Waals surface area contributed by atoms with E-state index in [1.54, 1.807) is 24.0 Å². The lowest BCUT2D eigenvalue weighted by Gasteiger charge is -2.40. The predicted molar refractivity (Wildman–Crippen MR) is 85.9 cm³/mol. The van der Waals surface area contributed by atoms with E-state index in [2.05, 4.69) is 4.72 Å². The summed E-state index contributed by atoms with van der Waals surface area (Å²) in [5, 5.41) is 9.33. The predicted octanol–water partition coefficient (Wildman–Crippen LogP) is 1.95. The number of aliphatic hydroxyl groups is 1. The summed E-state index contributed by atoms with van der Waals surface area (Å²) in [5.41, 5.74) is 0.639. The summed E-state index contributed by atoms with van der Waals surface area (Å²) >= 11 is 1.74. The van der Waals surface area contributed by atoms with Crippen LogP contribution < -0.4 is 4.72 Å². The first-order chi connectivity index (χ1) is 9.96. The molecule has 0 aromatic carbocycles. The Labute approximate surface area is 131 Å². The molecular formula is C14H24N2O3S2. The number of hydrogen-bond donors (Lipinski definition) is 2. The van der Waals surface area contributed by atoms with Gasteiger partial charge in [0.25, 0.3) is 0 Å². The van der Waals surface area contributed by atoms with Crippen LogP contribution in [0.5, 0.6) is 0 Å². The molecule has 0 amide bonds. The number of nitrogens with zero attached hydrogens (tertiary/aromatic N) is 1. The average molecular weight is 332 g/mol.